The molecule has 0 bridgehead atoms. The molecule has 0 aliphatic carbocycles. The van der Waals surface area contributed by atoms with Crippen LogP contribution >= 0.6 is 0 Å². The van der Waals surface area contributed by atoms with Crippen LogP contribution in [0.1, 0.15) is 18.4 Å². The summed E-state index contributed by atoms with van der Waals surface area (Å²) in [5.74, 6) is 0.658. The lowest BCUT2D eigenvalue weighted by atomic mass is 10.1. The van der Waals surface area contributed by atoms with Gasteiger partial charge in [0.25, 0.3) is 10.0 Å². The van der Waals surface area contributed by atoms with Gasteiger partial charge in [-0.2, -0.15) is 0 Å². The number of halogens is 1. The van der Waals surface area contributed by atoms with Crippen molar-refractivity contribution in [2.24, 2.45) is 0 Å². The molecule has 0 unspecified atom stereocenters. The van der Waals surface area contributed by atoms with E-state index in [1.807, 2.05) is 24.0 Å². The molecule has 0 N–H and O–H groups in total. The van der Waals surface area contributed by atoms with Crippen LogP contribution in [0.25, 0.3) is 21.9 Å². The van der Waals surface area contributed by atoms with E-state index in [1.165, 1.54) is 3.97 Å². The number of piperidine rings is 1. The number of alkyl halides is 1. The molecule has 1 aromatic carbocycles. The van der Waals surface area contributed by atoms with Gasteiger partial charge in [0, 0.05) is 36.3 Å². The molecule has 1 saturated heterocycles. The fraction of sp³-hybridized carbons (Fsp3) is 0.273. The van der Waals surface area contributed by atoms with Crippen LogP contribution in [0.5, 0.6) is 0 Å². The number of hydrogen-bond acceptors (Lipinski definition) is 5. The first-order valence-corrected chi connectivity index (χ1v) is 11.4. The highest BCUT2D eigenvalue weighted by molar-refractivity contribution is 7.90. The van der Waals surface area contributed by atoms with Gasteiger partial charge in [0.2, 0.25) is 0 Å². The van der Waals surface area contributed by atoms with Crippen LogP contribution in [0.3, 0.4) is 0 Å². The van der Waals surface area contributed by atoms with E-state index in [2.05, 4.69) is 4.98 Å². The second kappa shape index (κ2) is 7.05. The van der Waals surface area contributed by atoms with Crippen molar-refractivity contribution >= 4 is 37.8 Å². The lowest BCUT2D eigenvalue weighted by Crippen LogP contribution is -2.34. The van der Waals surface area contributed by atoms with Crippen molar-refractivity contribution in [3.8, 4) is 0 Å². The van der Waals surface area contributed by atoms with Gasteiger partial charge < -0.3 is 4.90 Å². The molecule has 154 valence electrons. The van der Waals surface area contributed by atoms with Crippen LogP contribution in [0.2, 0.25) is 0 Å². The number of benzene rings is 1. The molecule has 1 fully saturated rings. The van der Waals surface area contributed by atoms with E-state index < -0.39 is 16.2 Å². The van der Waals surface area contributed by atoms with E-state index in [0.717, 1.165) is 16.3 Å². The molecule has 30 heavy (non-hydrogen) atoms. The van der Waals surface area contributed by atoms with E-state index in [9.17, 15) is 12.8 Å². The van der Waals surface area contributed by atoms with Crippen LogP contribution in [-0.2, 0) is 10.0 Å². The third-order valence-corrected chi connectivity index (χ3v) is 7.39. The number of rotatable bonds is 3. The van der Waals surface area contributed by atoms with Crippen molar-refractivity contribution < 1.29 is 12.8 Å². The van der Waals surface area contributed by atoms with Gasteiger partial charge in [-0.05, 0) is 50.1 Å². The molecule has 0 atom stereocenters. The third-order valence-electron chi connectivity index (χ3n) is 5.67. The summed E-state index contributed by atoms with van der Waals surface area (Å²) in [6.07, 6.45) is 3.36. The van der Waals surface area contributed by atoms with Crippen LogP contribution in [0.4, 0.5) is 10.2 Å². The quantitative estimate of drug-likeness (QED) is 0.496. The highest BCUT2D eigenvalue weighted by Gasteiger charge is 2.26. The Morgan fingerprint density at radius 1 is 1.00 bits per heavy atom. The van der Waals surface area contributed by atoms with Gasteiger partial charge in [-0.1, -0.05) is 17.7 Å². The number of nitrogens with zero attached hydrogens (tertiary/aromatic N) is 4. The highest BCUT2D eigenvalue weighted by Crippen LogP contribution is 2.33. The average Bonchev–Trinajstić information content (AvgIpc) is 3.09. The normalized spacial score (nSPS) is 15.9. The van der Waals surface area contributed by atoms with Crippen molar-refractivity contribution in [3.63, 3.8) is 0 Å². The summed E-state index contributed by atoms with van der Waals surface area (Å²) in [6, 6.07) is 12.2. The van der Waals surface area contributed by atoms with E-state index in [-0.39, 0.29) is 4.90 Å². The van der Waals surface area contributed by atoms with E-state index in [1.54, 1.807) is 42.7 Å². The minimum absolute atomic E-state index is 0.203. The zero-order chi connectivity index (χ0) is 20.9. The Balaban J connectivity index is 1.74. The Kier molecular flexibility index (Phi) is 4.47. The smallest absolute Gasteiger partial charge is 0.269 e. The molecule has 4 heterocycles. The minimum atomic E-state index is -3.87. The summed E-state index contributed by atoms with van der Waals surface area (Å²) in [5, 5.41) is 1.45. The SMILES string of the molecule is Cc1ccc(S(=O)(=O)n2c3ccncc3c3ccc(N4CCC(F)CC4)nc32)cc1. The van der Waals surface area contributed by atoms with E-state index in [4.69, 9.17) is 4.98 Å². The first-order valence-electron chi connectivity index (χ1n) is 9.91. The number of pyridine rings is 2. The molecule has 0 radical (unpaired) electrons. The first-order chi connectivity index (χ1) is 14.4. The molecule has 0 amide bonds. The molecule has 0 spiro atoms. The van der Waals surface area contributed by atoms with Gasteiger partial charge in [0.1, 0.15) is 12.0 Å². The second-order valence-electron chi connectivity index (χ2n) is 7.68. The molecule has 0 saturated carbocycles. The zero-order valence-corrected chi connectivity index (χ0v) is 17.3. The number of anilines is 1. The molecular weight excluding hydrogens is 403 g/mol. The minimum Gasteiger partial charge on any atom is -0.356 e. The molecular formula is C22H21FN4O2S. The van der Waals surface area contributed by atoms with Gasteiger partial charge in [0.05, 0.1) is 10.4 Å². The molecule has 3 aromatic heterocycles. The predicted molar refractivity (Wildman–Crippen MR) is 115 cm³/mol. The molecule has 1 aliphatic heterocycles. The summed E-state index contributed by atoms with van der Waals surface area (Å²) >= 11 is 0. The van der Waals surface area contributed by atoms with E-state index in [0.29, 0.717) is 42.9 Å². The molecule has 1 aliphatic rings. The van der Waals surface area contributed by atoms with Crippen molar-refractivity contribution in [2.45, 2.75) is 30.8 Å². The van der Waals surface area contributed by atoms with Gasteiger partial charge in [-0.25, -0.2) is 21.8 Å². The Labute approximate surface area is 174 Å². The average molecular weight is 425 g/mol. The number of fused-ring (bicyclic) bond motifs is 3. The van der Waals surface area contributed by atoms with Crippen LogP contribution in [-0.4, -0.2) is 41.6 Å². The fourth-order valence-electron chi connectivity index (χ4n) is 4.00. The van der Waals surface area contributed by atoms with Crippen molar-refractivity contribution in [3.05, 3.63) is 60.4 Å². The highest BCUT2D eigenvalue weighted by atomic mass is 32.2. The largest absolute Gasteiger partial charge is 0.356 e. The summed E-state index contributed by atoms with van der Waals surface area (Å²) in [6.45, 7) is 3.04. The van der Waals surface area contributed by atoms with Crippen LogP contribution < -0.4 is 4.90 Å². The fourth-order valence-corrected chi connectivity index (χ4v) is 5.48. The topological polar surface area (TPSA) is 68.1 Å². The number of hydrogen-bond donors (Lipinski definition) is 0. The maximum absolute atomic E-state index is 13.6. The summed E-state index contributed by atoms with van der Waals surface area (Å²) in [4.78, 5) is 11.1. The standard InChI is InChI=1S/C22H21FN4O2S/c1-15-2-4-17(5-3-15)30(28,29)27-20-8-11-24-14-19(20)18-6-7-21(25-22(18)27)26-12-9-16(23)10-13-26/h2-8,11,14,16H,9-10,12-13H2,1H3. The molecule has 8 heteroatoms. The zero-order valence-electron chi connectivity index (χ0n) is 16.5. The summed E-state index contributed by atoms with van der Waals surface area (Å²) in [5.41, 5.74) is 1.88. The van der Waals surface area contributed by atoms with Gasteiger partial charge in [0.15, 0.2) is 5.65 Å². The Morgan fingerprint density at radius 2 is 1.73 bits per heavy atom. The monoisotopic (exact) mass is 424 g/mol. The van der Waals surface area contributed by atoms with Gasteiger partial charge in [-0.3, -0.25) is 4.98 Å². The van der Waals surface area contributed by atoms with Crippen LogP contribution in [0, 0.1) is 6.92 Å². The molecule has 5 rings (SSSR count). The van der Waals surface area contributed by atoms with Crippen molar-refractivity contribution in [1.82, 2.24) is 13.9 Å². The third kappa shape index (κ3) is 3.02. The summed E-state index contributed by atoms with van der Waals surface area (Å²) < 4.78 is 42.1. The summed E-state index contributed by atoms with van der Waals surface area (Å²) in [7, 11) is -3.87. The lowest BCUT2D eigenvalue weighted by Gasteiger charge is -2.29. The van der Waals surface area contributed by atoms with Gasteiger partial charge in [-0.15, -0.1) is 0 Å². The predicted octanol–water partition coefficient (Wildman–Crippen LogP) is 4.07. The van der Waals surface area contributed by atoms with Crippen LogP contribution in [0.15, 0.2) is 59.8 Å². The van der Waals surface area contributed by atoms with Crippen molar-refractivity contribution in [1.29, 1.82) is 0 Å². The van der Waals surface area contributed by atoms with Gasteiger partial charge >= 0.3 is 0 Å². The first kappa shape index (κ1) is 19.0. The number of aryl methyl sites for hydroxylation is 1. The lowest BCUT2D eigenvalue weighted by molar-refractivity contribution is 0.277. The van der Waals surface area contributed by atoms with Crippen molar-refractivity contribution in [2.75, 3.05) is 18.0 Å². The molecule has 4 aromatic rings. The Morgan fingerprint density at radius 3 is 2.47 bits per heavy atom. The second-order valence-corrected chi connectivity index (χ2v) is 9.46. The maximum atomic E-state index is 13.6. The number of aromatic nitrogens is 3. The van der Waals surface area contributed by atoms with E-state index >= 15 is 0 Å². The maximum Gasteiger partial charge on any atom is 0.269 e. The Hall–Kier alpha value is -3.00. The molecule has 6 nitrogen and oxygen atoms in total. The Bertz CT molecular complexity index is 1340.